The van der Waals surface area contributed by atoms with Crippen molar-refractivity contribution in [2.45, 2.75) is 52.0 Å². The lowest BCUT2D eigenvalue weighted by molar-refractivity contribution is 0.515. The van der Waals surface area contributed by atoms with Crippen molar-refractivity contribution in [3.63, 3.8) is 0 Å². The number of imidazole rings is 1. The van der Waals surface area contributed by atoms with Gasteiger partial charge in [0.05, 0.1) is 0 Å². The van der Waals surface area contributed by atoms with E-state index in [1.54, 1.807) is 0 Å². The Kier molecular flexibility index (Phi) is 3.86. The van der Waals surface area contributed by atoms with Crippen LogP contribution in [0.1, 0.15) is 52.0 Å². The monoisotopic (exact) mass is 221 g/mol. The highest BCUT2D eigenvalue weighted by Crippen LogP contribution is 2.27. The molecule has 1 aromatic heterocycles. The molecule has 0 bridgehead atoms. The van der Waals surface area contributed by atoms with Crippen molar-refractivity contribution in [3.05, 3.63) is 12.4 Å². The molecule has 1 saturated carbocycles. The highest BCUT2D eigenvalue weighted by atomic mass is 15.2. The van der Waals surface area contributed by atoms with E-state index in [1.807, 2.05) is 12.4 Å². The topological polar surface area (TPSA) is 29.9 Å². The predicted octanol–water partition coefficient (Wildman–Crippen LogP) is 3.46. The highest BCUT2D eigenvalue weighted by Gasteiger charge is 2.14. The largest absolute Gasteiger partial charge is 0.356 e. The maximum absolute atomic E-state index is 4.35. The van der Waals surface area contributed by atoms with Gasteiger partial charge in [-0.3, -0.25) is 0 Å². The molecule has 0 saturated heterocycles. The molecule has 1 aliphatic rings. The van der Waals surface area contributed by atoms with Crippen LogP contribution >= 0.6 is 0 Å². The zero-order valence-corrected chi connectivity index (χ0v) is 10.4. The van der Waals surface area contributed by atoms with Gasteiger partial charge < -0.3 is 9.88 Å². The second kappa shape index (κ2) is 5.37. The van der Waals surface area contributed by atoms with E-state index >= 15 is 0 Å². The molecule has 1 fully saturated rings. The Morgan fingerprint density at radius 2 is 2.19 bits per heavy atom. The van der Waals surface area contributed by atoms with Gasteiger partial charge in [-0.1, -0.05) is 25.7 Å². The van der Waals surface area contributed by atoms with Gasteiger partial charge in [-0.25, -0.2) is 4.98 Å². The molecule has 90 valence electrons. The second-order valence-corrected chi connectivity index (χ2v) is 5.12. The van der Waals surface area contributed by atoms with E-state index in [0.717, 1.165) is 18.4 Å². The first-order chi connectivity index (χ1) is 7.77. The molecule has 1 heterocycles. The molecular formula is C13H23N3. The Hall–Kier alpha value is -0.990. The lowest BCUT2D eigenvalue weighted by atomic mass is 10.0. The van der Waals surface area contributed by atoms with E-state index in [4.69, 9.17) is 0 Å². The number of rotatable bonds is 5. The number of aromatic nitrogens is 2. The Balaban J connectivity index is 1.78. The number of anilines is 1. The summed E-state index contributed by atoms with van der Waals surface area (Å²) in [7, 11) is 0. The third kappa shape index (κ3) is 2.77. The minimum atomic E-state index is 0.483. The molecule has 0 atom stereocenters. The summed E-state index contributed by atoms with van der Waals surface area (Å²) in [4.78, 5) is 4.35. The number of nitrogens with zero attached hydrogens (tertiary/aromatic N) is 2. The number of nitrogens with one attached hydrogen (secondary N) is 1. The van der Waals surface area contributed by atoms with Crippen LogP contribution in [0.5, 0.6) is 0 Å². The van der Waals surface area contributed by atoms with E-state index in [9.17, 15) is 0 Å². The standard InChI is InChI=1S/C13H23N3/c1-11(2)16-10-9-15-13(16)14-8-7-12-5-3-4-6-12/h9-12H,3-8H2,1-2H3,(H,14,15). The third-order valence-electron chi connectivity index (χ3n) is 3.54. The smallest absolute Gasteiger partial charge is 0.203 e. The van der Waals surface area contributed by atoms with E-state index in [2.05, 4.69) is 28.7 Å². The van der Waals surface area contributed by atoms with E-state index in [-0.39, 0.29) is 0 Å². The quantitative estimate of drug-likeness (QED) is 0.825. The maximum atomic E-state index is 4.35. The first-order valence-corrected chi connectivity index (χ1v) is 6.54. The van der Waals surface area contributed by atoms with Crippen LogP contribution in [0.25, 0.3) is 0 Å². The van der Waals surface area contributed by atoms with E-state index < -0.39 is 0 Å². The Labute approximate surface area is 98.3 Å². The van der Waals surface area contributed by atoms with Gasteiger partial charge in [-0.05, 0) is 26.2 Å². The Morgan fingerprint density at radius 3 is 2.88 bits per heavy atom. The summed E-state index contributed by atoms with van der Waals surface area (Å²) < 4.78 is 2.19. The van der Waals surface area contributed by atoms with Crippen LogP contribution in [-0.2, 0) is 0 Å². The molecule has 0 aromatic carbocycles. The van der Waals surface area contributed by atoms with Gasteiger partial charge in [-0.15, -0.1) is 0 Å². The lowest BCUT2D eigenvalue weighted by Gasteiger charge is -2.14. The van der Waals surface area contributed by atoms with Crippen molar-refractivity contribution in [2.75, 3.05) is 11.9 Å². The summed E-state index contributed by atoms with van der Waals surface area (Å²) in [5.41, 5.74) is 0. The fraction of sp³-hybridized carbons (Fsp3) is 0.769. The highest BCUT2D eigenvalue weighted by molar-refractivity contribution is 5.26. The minimum Gasteiger partial charge on any atom is -0.356 e. The van der Waals surface area contributed by atoms with Gasteiger partial charge in [0.2, 0.25) is 5.95 Å². The van der Waals surface area contributed by atoms with E-state index in [1.165, 1.54) is 32.1 Å². The van der Waals surface area contributed by atoms with Gasteiger partial charge in [0.25, 0.3) is 0 Å². The number of hydrogen-bond donors (Lipinski definition) is 1. The van der Waals surface area contributed by atoms with Crippen LogP contribution in [0.15, 0.2) is 12.4 Å². The second-order valence-electron chi connectivity index (χ2n) is 5.12. The first kappa shape index (κ1) is 11.5. The zero-order chi connectivity index (χ0) is 11.4. The molecule has 3 nitrogen and oxygen atoms in total. The molecule has 0 spiro atoms. The molecule has 2 rings (SSSR count). The molecule has 1 N–H and O–H groups in total. The fourth-order valence-electron chi connectivity index (χ4n) is 2.55. The molecule has 0 radical (unpaired) electrons. The van der Waals surface area contributed by atoms with E-state index in [0.29, 0.717) is 6.04 Å². The van der Waals surface area contributed by atoms with Crippen molar-refractivity contribution >= 4 is 5.95 Å². The average molecular weight is 221 g/mol. The van der Waals surface area contributed by atoms with Gasteiger partial charge in [0.15, 0.2) is 0 Å². The molecule has 0 unspecified atom stereocenters. The predicted molar refractivity (Wildman–Crippen MR) is 67.7 cm³/mol. The molecule has 0 amide bonds. The van der Waals surface area contributed by atoms with Gasteiger partial charge >= 0.3 is 0 Å². The first-order valence-electron chi connectivity index (χ1n) is 6.54. The van der Waals surface area contributed by atoms with Gasteiger partial charge in [-0.2, -0.15) is 0 Å². The summed E-state index contributed by atoms with van der Waals surface area (Å²) >= 11 is 0. The number of hydrogen-bond acceptors (Lipinski definition) is 2. The normalized spacial score (nSPS) is 17.2. The van der Waals surface area contributed by atoms with Crippen molar-refractivity contribution in [3.8, 4) is 0 Å². The third-order valence-corrected chi connectivity index (χ3v) is 3.54. The van der Waals surface area contributed by atoms with Crippen LogP contribution < -0.4 is 5.32 Å². The zero-order valence-electron chi connectivity index (χ0n) is 10.4. The SMILES string of the molecule is CC(C)n1ccnc1NCCC1CCCC1. The van der Waals surface area contributed by atoms with Crippen LogP contribution in [-0.4, -0.2) is 16.1 Å². The van der Waals surface area contributed by atoms with Crippen molar-refractivity contribution in [1.82, 2.24) is 9.55 Å². The molecule has 0 aliphatic heterocycles. The van der Waals surface area contributed by atoms with Crippen LogP contribution in [0.4, 0.5) is 5.95 Å². The molecule has 1 aliphatic carbocycles. The molecule has 3 heteroatoms. The lowest BCUT2D eigenvalue weighted by Crippen LogP contribution is -2.12. The summed E-state index contributed by atoms with van der Waals surface area (Å²) in [6, 6.07) is 0.483. The molecule has 1 aromatic rings. The van der Waals surface area contributed by atoms with Gasteiger partial charge in [0, 0.05) is 25.0 Å². The van der Waals surface area contributed by atoms with Crippen LogP contribution in [0.2, 0.25) is 0 Å². The van der Waals surface area contributed by atoms with Gasteiger partial charge in [0.1, 0.15) is 0 Å². The van der Waals surface area contributed by atoms with Crippen LogP contribution in [0, 0.1) is 5.92 Å². The fourth-order valence-corrected chi connectivity index (χ4v) is 2.55. The van der Waals surface area contributed by atoms with Crippen LogP contribution in [0.3, 0.4) is 0 Å². The Bertz CT molecular complexity index is 311. The van der Waals surface area contributed by atoms with Crippen molar-refractivity contribution in [2.24, 2.45) is 5.92 Å². The summed E-state index contributed by atoms with van der Waals surface area (Å²) in [5.74, 6) is 1.97. The Morgan fingerprint density at radius 1 is 1.44 bits per heavy atom. The average Bonchev–Trinajstić information content (AvgIpc) is 2.87. The van der Waals surface area contributed by atoms with Crippen molar-refractivity contribution < 1.29 is 0 Å². The summed E-state index contributed by atoms with van der Waals surface area (Å²) in [5, 5.41) is 3.45. The maximum Gasteiger partial charge on any atom is 0.203 e. The summed E-state index contributed by atoms with van der Waals surface area (Å²) in [6.45, 7) is 5.43. The molecular weight excluding hydrogens is 198 g/mol. The van der Waals surface area contributed by atoms with Crippen molar-refractivity contribution in [1.29, 1.82) is 0 Å². The summed E-state index contributed by atoms with van der Waals surface area (Å²) in [6.07, 6.45) is 10.9. The minimum absolute atomic E-state index is 0.483. The molecule has 16 heavy (non-hydrogen) atoms.